The lowest BCUT2D eigenvalue weighted by molar-refractivity contribution is -0.108. The molecule has 0 aliphatic carbocycles. The van der Waals surface area contributed by atoms with Gasteiger partial charge in [-0.2, -0.15) is 0 Å². The largest absolute Gasteiger partial charge is 0.399 e. The molecule has 0 aromatic heterocycles. The van der Waals surface area contributed by atoms with E-state index in [2.05, 4.69) is 0 Å². The van der Waals surface area contributed by atoms with E-state index in [1.807, 2.05) is 38.1 Å². The monoisotopic (exact) mass is 177 g/mol. The first-order valence-corrected chi connectivity index (χ1v) is 4.36. The molecule has 0 radical (unpaired) electrons. The Morgan fingerprint density at radius 1 is 1.31 bits per heavy atom. The highest BCUT2D eigenvalue weighted by Crippen LogP contribution is 2.26. The van der Waals surface area contributed by atoms with E-state index in [0.29, 0.717) is 6.42 Å². The molecule has 1 aromatic rings. The van der Waals surface area contributed by atoms with E-state index in [0.717, 1.165) is 17.5 Å². The van der Waals surface area contributed by atoms with Crippen molar-refractivity contribution in [1.29, 1.82) is 0 Å². The lowest BCUT2D eigenvalue weighted by Crippen LogP contribution is -2.17. The number of hydrogen-bond donors (Lipinski definition) is 1. The van der Waals surface area contributed by atoms with Crippen LogP contribution in [0.1, 0.15) is 25.8 Å². The Morgan fingerprint density at radius 3 is 2.31 bits per heavy atom. The van der Waals surface area contributed by atoms with Crippen LogP contribution in [-0.2, 0) is 10.2 Å². The third kappa shape index (κ3) is 2.31. The summed E-state index contributed by atoms with van der Waals surface area (Å²) in [6, 6.07) is 7.67. The van der Waals surface area contributed by atoms with Crippen LogP contribution in [0.3, 0.4) is 0 Å². The summed E-state index contributed by atoms with van der Waals surface area (Å²) in [6.07, 6.45) is 1.49. The van der Waals surface area contributed by atoms with Crippen molar-refractivity contribution in [3.63, 3.8) is 0 Å². The van der Waals surface area contributed by atoms with E-state index in [1.165, 1.54) is 0 Å². The average molecular weight is 177 g/mol. The first-order chi connectivity index (χ1) is 6.06. The molecule has 0 saturated heterocycles. The molecule has 2 nitrogen and oxygen atoms in total. The maximum absolute atomic E-state index is 10.4. The Bertz CT molecular complexity index is 287. The third-order valence-electron chi connectivity index (χ3n) is 2.29. The molecule has 2 heteroatoms. The highest BCUT2D eigenvalue weighted by Gasteiger charge is 2.19. The van der Waals surface area contributed by atoms with Gasteiger partial charge in [0.1, 0.15) is 6.29 Å². The van der Waals surface area contributed by atoms with E-state index in [1.54, 1.807) is 0 Å². The van der Waals surface area contributed by atoms with Crippen molar-refractivity contribution in [2.75, 3.05) is 5.73 Å². The highest BCUT2D eigenvalue weighted by atomic mass is 16.1. The zero-order valence-electron chi connectivity index (χ0n) is 8.08. The second-order valence-electron chi connectivity index (χ2n) is 3.88. The highest BCUT2D eigenvalue weighted by molar-refractivity contribution is 5.53. The minimum Gasteiger partial charge on any atom is -0.399 e. The van der Waals surface area contributed by atoms with Crippen molar-refractivity contribution in [2.45, 2.75) is 25.7 Å². The summed E-state index contributed by atoms with van der Waals surface area (Å²) in [4.78, 5) is 10.4. The molecule has 0 fully saturated rings. The summed E-state index contributed by atoms with van der Waals surface area (Å²) in [5.41, 5.74) is 7.39. The first-order valence-electron chi connectivity index (χ1n) is 4.36. The van der Waals surface area contributed by atoms with Crippen LogP contribution in [0.5, 0.6) is 0 Å². The van der Waals surface area contributed by atoms with Gasteiger partial charge in [0, 0.05) is 12.1 Å². The summed E-state index contributed by atoms with van der Waals surface area (Å²) in [7, 11) is 0. The Labute approximate surface area is 78.8 Å². The van der Waals surface area contributed by atoms with Gasteiger partial charge < -0.3 is 10.5 Å². The number of rotatable bonds is 3. The molecule has 0 aliphatic heterocycles. The Hall–Kier alpha value is -1.31. The predicted octanol–water partition coefficient (Wildman–Crippen LogP) is 2.14. The minimum atomic E-state index is -0.0878. The predicted molar refractivity (Wildman–Crippen MR) is 54.6 cm³/mol. The summed E-state index contributed by atoms with van der Waals surface area (Å²) in [6.45, 7) is 4.10. The number of nitrogens with two attached hydrogens (primary N) is 1. The van der Waals surface area contributed by atoms with Gasteiger partial charge in [0.05, 0.1) is 0 Å². The van der Waals surface area contributed by atoms with Crippen LogP contribution in [0, 0.1) is 0 Å². The maximum Gasteiger partial charge on any atom is 0.120 e. The molecule has 0 atom stereocenters. The number of hydrogen-bond acceptors (Lipinski definition) is 2. The number of benzene rings is 1. The van der Waals surface area contributed by atoms with E-state index >= 15 is 0 Å². The van der Waals surface area contributed by atoms with Gasteiger partial charge in [-0.15, -0.1) is 0 Å². The molecule has 1 aromatic carbocycles. The molecule has 0 bridgehead atoms. The molecular formula is C11H15NO. The van der Waals surface area contributed by atoms with E-state index < -0.39 is 0 Å². The molecule has 0 unspecified atom stereocenters. The van der Waals surface area contributed by atoms with Crippen molar-refractivity contribution >= 4 is 12.0 Å². The summed E-state index contributed by atoms with van der Waals surface area (Å²) < 4.78 is 0. The van der Waals surface area contributed by atoms with Crippen LogP contribution in [0.25, 0.3) is 0 Å². The van der Waals surface area contributed by atoms with Crippen LogP contribution < -0.4 is 5.73 Å². The molecule has 2 N–H and O–H groups in total. The quantitative estimate of drug-likeness (QED) is 0.567. The Morgan fingerprint density at radius 2 is 1.85 bits per heavy atom. The van der Waals surface area contributed by atoms with Gasteiger partial charge in [-0.05, 0) is 23.1 Å². The SMILES string of the molecule is CC(C)(CC=O)c1ccc(N)cc1. The van der Waals surface area contributed by atoms with Crippen LogP contribution in [-0.4, -0.2) is 6.29 Å². The van der Waals surface area contributed by atoms with Crippen molar-refractivity contribution in [3.8, 4) is 0 Å². The van der Waals surface area contributed by atoms with Gasteiger partial charge in [0.25, 0.3) is 0 Å². The van der Waals surface area contributed by atoms with Crippen LogP contribution >= 0.6 is 0 Å². The molecule has 0 spiro atoms. The fourth-order valence-corrected chi connectivity index (χ4v) is 1.26. The second-order valence-corrected chi connectivity index (χ2v) is 3.88. The zero-order valence-corrected chi connectivity index (χ0v) is 8.08. The van der Waals surface area contributed by atoms with Gasteiger partial charge >= 0.3 is 0 Å². The van der Waals surface area contributed by atoms with E-state index in [-0.39, 0.29) is 5.41 Å². The normalized spacial score (nSPS) is 11.2. The first kappa shape index (κ1) is 9.78. The number of carbonyl (C=O) groups excluding carboxylic acids is 1. The lowest BCUT2D eigenvalue weighted by atomic mass is 9.82. The standard InChI is InChI=1S/C11H15NO/c1-11(2,7-8-13)9-3-5-10(12)6-4-9/h3-6,8H,7,12H2,1-2H3. The number of aldehydes is 1. The summed E-state index contributed by atoms with van der Waals surface area (Å²) in [5.74, 6) is 0. The smallest absolute Gasteiger partial charge is 0.120 e. The lowest BCUT2D eigenvalue weighted by Gasteiger charge is -2.22. The fourth-order valence-electron chi connectivity index (χ4n) is 1.26. The minimum absolute atomic E-state index is 0.0878. The fraction of sp³-hybridized carbons (Fsp3) is 0.364. The van der Waals surface area contributed by atoms with Gasteiger partial charge in [0.2, 0.25) is 0 Å². The Kier molecular flexibility index (Phi) is 2.71. The van der Waals surface area contributed by atoms with Gasteiger partial charge in [0.15, 0.2) is 0 Å². The van der Waals surface area contributed by atoms with Crippen molar-refractivity contribution in [3.05, 3.63) is 29.8 Å². The number of nitrogen functional groups attached to an aromatic ring is 1. The van der Waals surface area contributed by atoms with Crippen molar-refractivity contribution in [2.24, 2.45) is 0 Å². The molecule has 0 aliphatic rings. The molecular weight excluding hydrogens is 162 g/mol. The van der Waals surface area contributed by atoms with Crippen molar-refractivity contribution in [1.82, 2.24) is 0 Å². The second kappa shape index (κ2) is 3.60. The van der Waals surface area contributed by atoms with Gasteiger partial charge in [-0.1, -0.05) is 26.0 Å². The summed E-state index contributed by atoms with van der Waals surface area (Å²) in [5, 5.41) is 0. The van der Waals surface area contributed by atoms with E-state index in [9.17, 15) is 4.79 Å². The Balaban J connectivity index is 2.93. The molecule has 70 valence electrons. The number of anilines is 1. The third-order valence-corrected chi connectivity index (χ3v) is 2.29. The molecule has 0 heterocycles. The van der Waals surface area contributed by atoms with Crippen molar-refractivity contribution < 1.29 is 4.79 Å². The molecule has 0 amide bonds. The van der Waals surface area contributed by atoms with Gasteiger partial charge in [-0.3, -0.25) is 0 Å². The zero-order chi connectivity index (χ0) is 9.90. The summed E-state index contributed by atoms with van der Waals surface area (Å²) >= 11 is 0. The molecule has 0 saturated carbocycles. The number of carbonyl (C=O) groups is 1. The molecule has 1 rings (SSSR count). The van der Waals surface area contributed by atoms with Crippen LogP contribution in [0.15, 0.2) is 24.3 Å². The maximum atomic E-state index is 10.4. The van der Waals surface area contributed by atoms with Gasteiger partial charge in [-0.25, -0.2) is 0 Å². The topological polar surface area (TPSA) is 43.1 Å². The van der Waals surface area contributed by atoms with E-state index in [4.69, 9.17) is 5.73 Å². The average Bonchev–Trinajstić information content (AvgIpc) is 2.05. The van der Waals surface area contributed by atoms with Crippen LogP contribution in [0.4, 0.5) is 5.69 Å². The van der Waals surface area contributed by atoms with Crippen LogP contribution in [0.2, 0.25) is 0 Å². The molecule has 13 heavy (non-hydrogen) atoms.